The summed E-state index contributed by atoms with van der Waals surface area (Å²) in [5.41, 5.74) is 2.86. The Morgan fingerprint density at radius 2 is 1.74 bits per heavy atom. The third kappa shape index (κ3) is 4.79. The molecule has 0 spiro atoms. The first-order valence-corrected chi connectivity index (χ1v) is 13.1. The first-order chi connectivity index (χ1) is 19.8. The first-order valence-electron chi connectivity index (χ1n) is 13.1. The van der Waals surface area contributed by atoms with E-state index in [1.807, 2.05) is 19.9 Å². The second-order valence-electron chi connectivity index (χ2n) is 10.6. The Kier molecular flexibility index (Phi) is 7.11. The molecule has 0 saturated carbocycles. The summed E-state index contributed by atoms with van der Waals surface area (Å²) in [4.78, 5) is 23.6. The van der Waals surface area contributed by atoms with Crippen LogP contribution < -0.4 is 10.2 Å². The summed E-state index contributed by atoms with van der Waals surface area (Å²) in [6.07, 6.45) is 5.50. The topological polar surface area (TPSA) is 167 Å². The van der Waals surface area contributed by atoms with Crippen LogP contribution in [0.4, 0.5) is 0 Å². The zero-order valence-electron chi connectivity index (χ0n) is 23.4. The molecule has 1 atom stereocenters. The molecule has 1 aromatic heterocycles. The molecule has 6 rings (SSSR count). The molecule has 10 nitrogen and oxygen atoms in total. The Morgan fingerprint density at radius 3 is 2.43 bits per heavy atom. The molecular weight excluding hydrogens is 544 g/mol. The number of aliphatic hydroxyl groups is 2. The van der Waals surface area contributed by atoms with E-state index in [1.54, 1.807) is 6.92 Å². The van der Waals surface area contributed by atoms with Crippen LogP contribution in [-0.2, 0) is 22.4 Å². The van der Waals surface area contributed by atoms with Gasteiger partial charge in [-0.25, -0.2) is 0 Å². The number of methoxy groups -OCH3 is 1. The van der Waals surface area contributed by atoms with Crippen molar-refractivity contribution < 1.29 is 44.2 Å². The average Bonchev–Trinajstić information content (AvgIpc) is 3.21. The minimum Gasteiger partial charge on any atom is -0.507 e. The van der Waals surface area contributed by atoms with Gasteiger partial charge < -0.3 is 39.4 Å². The Hall–Kier alpha value is -4.96. The Morgan fingerprint density at radius 1 is 1.02 bits per heavy atom. The van der Waals surface area contributed by atoms with Gasteiger partial charge in [0.15, 0.2) is 22.7 Å². The largest absolute Gasteiger partial charge is 0.507 e. The van der Waals surface area contributed by atoms with Crippen molar-refractivity contribution in [3.8, 4) is 23.0 Å². The number of aryl methyl sites for hydroxylation is 1. The molecule has 1 unspecified atom stereocenters. The van der Waals surface area contributed by atoms with Gasteiger partial charge in [-0.1, -0.05) is 11.6 Å². The van der Waals surface area contributed by atoms with Gasteiger partial charge >= 0.3 is 0 Å². The van der Waals surface area contributed by atoms with E-state index >= 15 is 0 Å². The number of hydrogen-bond donors (Lipinski definition) is 5. The molecule has 5 N–H and O–H groups in total. The van der Waals surface area contributed by atoms with Crippen molar-refractivity contribution in [2.24, 2.45) is 0 Å². The van der Waals surface area contributed by atoms with Crippen molar-refractivity contribution in [2.75, 3.05) is 13.7 Å². The molecule has 0 bridgehead atoms. The molecule has 2 aliphatic carbocycles. The molecular formula is C32H30O10. The van der Waals surface area contributed by atoms with E-state index in [2.05, 4.69) is 0 Å². The number of ether oxygens (including phenoxy) is 2. The quantitative estimate of drug-likeness (QED) is 0.223. The second kappa shape index (κ2) is 10.5. The second-order valence-corrected chi connectivity index (χ2v) is 10.6. The molecule has 1 aliphatic heterocycles. The van der Waals surface area contributed by atoms with Crippen molar-refractivity contribution in [1.82, 2.24) is 0 Å². The van der Waals surface area contributed by atoms with Gasteiger partial charge in [-0.2, -0.15) is 0 Å². The number of aliphatic hydroxyl groups excluding tert-OH is 1. The first kappa shape index (κ1) is 28.6. The lowest BCUT2D eigenvalue weighted by Crippen LogP contribution is -2.39. The van der Waals surface area contributed by atoms with Gasteiger partial charge in [0.05, 0.1) is 7.11 Å². The van der Waals surface area contributed by atoms with Gasteiger partial charge in [0.25, 0.3) is 0 Å². The number of aromatic hydroxyl groups is 3. The van der Waals surface area contributed by atoms with Gasteiger partial charge in [0, 0.05) is 35.3 Å². The summed E-state index contributed by atoms with van der Waals surface area (Å²) >= 11 is 0. The van der Waals surface area contributed by atoms with Crippen molar-refractivity contribution in [2.45, 2.75) is 39.2 Å². The van der Waals surface area contributed by atoms with Gasteiger partial charge in [0.1, 0.15) is 40.4 Å². The number of allylic oxidation sites excluding steroid dienone is 4. The highest BCUT2D eigenvalue weighted by molar-refractivity contribution is 6.06. The van der Waals surface area contributed by atoms with Crippen LogP contribution in [0, 0.1) is 6.92 Å². The molecule has 0 saturated heterocycles. The van der Waals surface area contributed by atoms with Crippen molar-refractivity contribution in [3.63, 3.8) is 0 Å². The Labute approximate surface area is 240 Å². The number of hydrogen-bond acceptors (Lipinski definition) is 10. The maximum Gasteiger partial charge on any atom is 0.224 e. The summed E-state index contributed by atoms with van der Waals surface area (Å²) < 4.78 is 16.4. The zero-order valence-corrected chi connectivity index (χ0v) is 23.4. The van der Waals surface area contributed by atoms with Crippen LogP contribution in [0.3, 0.4) is 0 Å². The average molecular weight is 575 g/mol. The predicted molar refractivity (Wildman–Crippen MR) is 154 cm³/mol. The number of ketones is 1. The molecule has 2 heterocycles. The number of phenols is 3. The van der Waals surface area contributed by atoms with E-state index in [4.69, 9.17) is 13.9 Å². The molecule has 0 amide bonds. The summed E-state index contributed by atoms with van der Waals surface area (Å²) in [7, 11) is 1.53. The number of carbonyl (C=O) groups is 1. The standard InChI is InChI=1S/C16H12O6.C16H18O4/c17-10-2-1-8-13-9-4-12(19)11(18)3-7(9)5-16(13,21)6-22-15(8)14(10)20;1-9(2)5-6-11-14(19-4)8-13(18)15-12(17)7-10(3)20-16(11)15/h1-4,18-21H,5-6H2;5,7-8,18H,6H2,1-4H3. The summed E-state index contributed by atoms with van der Waals surface area (Å²) in [6.45, 7) is 5.58. The zero-order chi connectivity index (χ0) is 30.5. The van der Waals surface area contributed by atoms with Crippen molar-refractivity contribution >= 4 is 22.3 Å². The molecule has 0 fully saturated rings. The van der Waals surface area contributed by atoms with Crippen LogP contribution in [0.15, 0.2) is 74.4 Å². The lowest BCUT2D eigenvalue weighted by molar-refractivity contribution is -0.114. The number of carbonyl (C=O) groups excluding carboxylic acids is 1. The maximum atomic E-state index is 12.0. The number of benzene rings is 2. The van der Waals surface area contributed by atoms with Crippen molar-refractivity contribution in [1.29, 1.82) is 0 Å². The summed E-state index contributed by atoms with van der Waals surface area (Å²) in [6, 6.07) is 5.60. The normalized spacial score (nSPS) is 18.5. The number of phenolic OH excluding ortho intramolecular Hbond substituents is 3. The van der Waals surface area contributed by atoms with Gasteiger partial charge in [0.2, 0.25) is 11.5 Å². The monoisotopic (exact) mass is 574 g/mol. The highest BCUT2D eigenvalue weighted by Gasteiger charge is 2.47. The SMILES string of the molecule is COc1cc(O)c2c(=O)cc(C)oc2c1CC=C(C)C.O=C1C=CC2=C3c4cc(O)c(O)cc4CC3(O)COC2=C1O. The van der Waals surface area contributed by atoms with E-state index in [-0.39, 0.29) is 46.9 Å². The third-order valence-corrected chi connectivity index (χ3v) is 7.34. The fourth-order valence-electron chi connectivity index (χ4n) is 5.40. The lowest BCUT2D eigenvalue weighted by Gasteiger charge is -2.33. The predicted octanol–water partition coefficient (Wildman–Crippen LogP) is 4.40. The fraction of sp³-hybridized carbons (Fsp3) is 0.250. The van der Waals surface area contributed by atoms with Crippen LogP contribution in [0.1, 0.15) is 36.3 Å². The Balaban J connectivity index is 0.000000169. The van der Waals surface area contributed by atoms with E-state index < -0.39 is 17.1 Å². The van der Waals surface area contributed by atoms with Crippen molar-refractivity contribution in [3.05, 3.63) is 97.8 Å². The van der Waals surface area contributed by atoms with Crippen LogP contribution in [-0.4, -0.2) is 50.6 Å². The molecule has 42 heavy (non-hydrogen) atoms. The molecule has 218 valence electrons. The van der Waals surface area contributed by atoms with E-state index in [0.29, 0.717) is 45.8 Å². The molecule has 0 radical (unpaired) electrons. The minimum atomic E-state index is -1.33. The highest BCUT2D eigenvalue weighted by atomic mass is 16.5. The van der Waals surface area contributed by atoms with Gasteiger partial charge in [-0.15, -0.1) is 0 Å². The van der Waals surface area contributed by atoms with Gasteiger partial charge in [-0.05, 0) is 62.6 Å². The lowest BCUT2D eigenvalue weighted by atomic mass is 9.85. The van der Waals surface area contributed by atoms with Crippen LogP contribution >= 0.6 is 0 Å². The Bertz CT molecular complexity index is 1830. The summed E-state index contributed by atoms with van der Waals surface area (Å²) in [5.74, 6) is -0.678. The molecule has 3 aliphatic rings. The smallest absolute Gasteiger partial charge is 0.224 e. The molecule has 10 heteroatoms. The molecule has 3 aromatic rings. The van der Waals surface area contributed by atoms with Crippen LogP contribution in [0.2, 0.25) is 0 Å². The van der Waals surface area contributed by atoms with Crippen LogP contribution in [0.5, 0.6) is 23.0 Å². The fourth-order valence-corrected chi connectivity index (χ4v) is 5.40. The maximum absolute atomic E-state index is 12.0. The van der Waals surface area contributed by atoms with E-state index in [0.717, 1.165) is 11.1 Å². The number of rotatable bonds is 3. The minimum absolute atomic E-state index is 0.0348. The van der Waals surface area contributed by atoms with E-state index in [9.17, 15) is 35.1 Å². The van der Waals surface area contributed by atoms with Gasteiger partial charge in [-0.3, -0.25) is 9.59 Å². The summed E-state index contributed by atoms with van der Waals surface area (Å²) in [5, 5.41) is 50.3. The van der Waals surface area contributed by atoms with E-state index in [1.165, 1.54) is 43.5 Å². The third-order valence-electron chi connectivity index (χ3n) is 7.34. The number of fused-ring (bicyclic) bond motifs is 5. The molecule has 2 aromatic carbocycles. The highest BCUT2D eigenvalue weighted by Crippen LogP contribution is 2.50. The van der Waals surface area contributed by atoms with Crippen LogP contribution in [0.25, 0.3) is 16.5 Å².